The molecule has 9 heteroatoms. The van der Waals surface area contributed by atoms with Crippen LogP contribution in [-0.4, -0.2) is 27.2 Å². The molecule has 1 N–H and O–H groups in total. The van der Waals surface area contributed by atoms with Crippen LogP contribution < -0.4 is 19.1 Å². The second kappa shape index (κ2) is 12.2. The number of anilines is 2. The molecule has 0 bridgehead atoms. The van der Waals surface area contributed by atoms with Crippen molar-refractivity contribution in [2.45, 2.75) is 13.2 Å². The number of hydrogen-bond donors (Lipinski definition) is 1. The highest BCUT2D eigenvalue weighted by Crippen LogP contribution is 2.24. The minimum absolute atomic E-state index is 0.149. The molecule has 7 nitrogen and oxygen atoms in total. The van der Waals surface area contributed by atoms with E-state index in [9.17, 15) is 17.6 Å². The third kappa shape index (κ3) is 7.57. The van der Waals surface area contributed by atoms with E-state index in [1.54, 1.807) is 60.7 Å². The molecular formula is C29H27FN2O5S. The molecule has 4 aromatic rings. The summed E-state index contributed by atoms with van der Waals surface area (Å²) < 4.78 is 51.2. The van der Waals surface area contributed by atoms with Crippen molar-refractivity contribution < 1.29 is 27.1 Å². The van der Waals surface area contributed by atoms with E-state index in [0.29, 0.717) is 29.5 Å². The molecule has 196 valence electrons. The molecule has 0 aliphatic carbocycles. The number of amides is 1. The van der Waals surface area contributed by atoms with Gasteiger partial charge < -0.3 is 14.8 Å². The maximum atomic E-state index is 14.1. The Labute approximate surface area is 221 Å². The number of benzene rings is 4. The van der Waals surface area contributed by atoms with Crippen LogP contribution >= 0.6 is 0 Å². The molecule has 4 rings (SSSR count). The molecule has 0 aliphatic rings. The maximum absolute atomic E-state index is 14.1. The van der Waals surface area contributed by atoms with Gasteiger partial charge in [0.25, 0.3) is 5.91 Å². The molecule has 0 atom stereocenters. The van der Waals surface area contributed by atoms with Gasteiger partial charge in [-0.3, -0.25) is 9.10 Å². The number of sulfonamides is 1. The minimum atomic E-state index is -3.67. The van der Waals surface area contributed by atoms with Crippen LogP contribution in [0.2, 0.25) is 0 Å². The molecule has 0 aromatic heterocycles. The number of carbonyl (C=O) groups excluding carboxylic acids is 1. The van der Waals surface area contributed by atoms with Crippen LogP contribution in [0.15, 0.2) is 103 Å². The fraction of sp³-hybridized carbons (Fsp3) is 0.138. The Morgan fingerprint density at radius 2 is 1.42 bits per heavy atom. The number of hydrogen-bond acceptors (Lipinski definition) is 5. The van der Waals surface area contributed by atoms with Crippen LogP contribution in [0, 0.1) is 5.82 Å². The van der Waals surface area contributed by atoms with E-state index in [1.165, 1.54) is 12.1 Å². The highest BCUT2D eigenvalue weighted by molar-refractivity contribution is 7.92. The Hall–Kier alpha value is -4.37. The average molecular weight is 535 g/mol. The van der Waals surface area contributed by atoms with E-state index >= 15 is 0 Å². The number of halogens is 1. The first-order valence-electron chi connectivity index (χ1n) is 11.8. The van der Waals surface area contributed by atoms with Crippen LogP contribution in [-0.2, 0) is 28.0 Å². The highest BCUT2D eigenvalue weighted by atomic mass is 32.2. The van der Waals surface area contributed by atoms with Gasteiger partial charge in [-0.05, 0) is 60.2 Å². The third-order valence-corrected chi connectivity index (χ3v) is 6.69. The van der Waals surface area contributed by atoms with Crippen molar-refractivity contribution in [1.29, 1.82) is 0 Å². The van der Waals surface area contributed by atoms with Crippen molar-refractivity contribution in [1.82, 2.24) is 0 Å². The zero-order valence-corrected chi connectivity index (χ0v) is 21.5. The number of nitrogens with one attached hydrogen (secondary N) is 1. The maximum Gasteiger partial charge on any atom is 0.262 e. The Morgan fingerprint density at radius 3 is 2.08 bits per heavy atom. The van der Waals surface area contributed by atoms with Crippen LogP contribution in [0.25, 0.3) is 0 Å². The van der Waals surface area contributed by atoms with Crippen molar-refractivity contribution in [2.75, 3.05) is 22.5 Å². The smallest absolute Gasteiger partial charge is 0.262 e. The van der Waals surface area contributed by atoms with Crippen LogP contribution in [0.1, 0.15) is 11.1 Å². The standard InChI is InChI=1S/C29H27FN2O5S/c1-38(34,35)32(19-23-9-5-6-10-28(23)30)25-13-17-27(18-14-25)37-21-29(33)31-24-11-15-26(16-12-24)36-20-22-7-3-2-4-8-22/h2-18H,19-21H2,1H3,(H,31,33). The normalized spacial score (nSPS) is 11.0. The van der Waals surface area contributed by atoms with Crippen molar-refractivity contribution in [3.63, 3.8) is 0 Å². The first kappa shape index (κ1) is 26.7. The van der Waals surface area contributed by atoms with Gasteiger partial charge in [-0.15, -0.1) is 0 Å². The number of ether oxygens (including phenoxy) is 2. The second-order valence-corrected chi connectivity index (χ2v) is 10.4. The number of nitrogens with zero attached hydrogens (tertiary/aromatic N) is 1. The van der Waals surface area contributed by atoms with E-state index < -0.39 is 15.8 Å². The molecule has 0 aliphatic heterocycles. The Bertz CT molecular complexity index is 1460. The Balaban J connectivity index is 1.29. The summed E-state index contributed by atoms with van der Waals surface area (Å²) in [5, 5.41) is 2.75. The van der Waals surface area contributed by atoms with Gasteiger partial charge in [0.05, 0.1) is 18.5 Å². The Morgan fingerprint density at radius 1 is 0.816 bits per heavy atom. The van der Waals surface area contributed by atoms with Crippen molar-refractivity contribution >= 4 is 27.3 Å². The fourth-order valence-electron chi connectivity index (χ4n) is 3.61. The van der Waals surface area contributed by atoms with Crippen molar-refractivity contribution in [2.24, 2.45) is 0 Å². The molecule has 0 saturated heterocycles. The second-order valence-electron chi connectivity index (χ2n) is 8.49. The lowest BCUT2D eigenvalue weighted by atomic mass is 10.2. The fourth-order valence-corrected chi connectivity index (χ4v) is 4.49. The van der Waals surface area contributed by atoms with Gasteiger partial charge in [0, 0.05) is 11.3 Å². The van der Waals surface area contributed by atoms with E-state index in [2.05, 4.69) is 5.32 Å². The molecule has 0 unspecified atom stereocenters. The van der Waals surface area contributed by atoms with Gasteiger partial charge in [0.1, 0.15) is 23.9 Å². The molecule has 38 heavy (non-hydrogen) atoms. The lowest BCUT2D eigenvalue weighted by Gasteiger charge is -2.23. The lowest BCUT2D eigenvalue weighted by Crippen LogP contribution is -2.29. The summed E-state index contributed by atoms with van der Waals surface area (Å²) in [4.78, 5) is 12.3. The Kier molecular flexibility index (Phi) is 8.60. The average Bonchev–Trinajstić information content (AvgIpc) is 2.91. The van der Waals surface area contributed by atoms with Gasteiger partial charge in [-0.2, -0.15) is 0 Å². The first-order chi connectivity index (χ1) is 18.3. The summed E-state index contributed by atoms with van der Waals surface area (Å²) >= 11 is 0. The quantitative estimate of drug-likeness (QED) is 0.279. The largest absolute Gasteiger partial charge is 0.489 e. The van der Waals surface area contributed by atoms with Crippen molar-refractivity contribution in [3.05, 3.63) is 120 Å². The van der Waals surface area contributed by atoms with Gasteiger partial charge >= 0.3 is 0 Å². The van der Waals surface area contributed by atoms with Gasteiger partial charge in [0.15, 0.2) is 6.61 Å². The molecule has 1 amide bonds. The molecule has 0 radical (unpaired) electrons. The van der Waals surface area contributed by atoms with Crippen LogP contribution in [0.5, 0.6) is 11.5 Å². The summed E-state index contributed by atoms with van der Waals surface area (Å²) in [7, 11) is -3.67. The molecule has 0 spiro atoms. The van der Waals surface area contributed by atoms with E-state index in [-0.39, 0.29) is 24.6 Å². The minimum Gasteiger partial charge on any atom is -0.489 e. The van der Waals surface area contributed by atoms with Gasteiger partial charge in [-0.1, -0.05) is 48.5 Å². The van der Waals surface area contributed by atoms with Gasteiger partial charge in [0.2, 0.25) is 10.0 Å². The third-order valence-electron chi connectivity index (χ3n) is 5.55. The summed E-state index contributed by atoms with van der Waals surface area (Å²) in [6.45, 7) is 0.0606. The predicted molar refractivity (Wildman–Crippen MR) is 145 cm³/mol. The van der Waals surface area contributed by atoms with E-state index in [0.717, 1.165) is 16.1 Å². The molecule has 0 fully saturated rings. The highest BCUT2D eigenvalue weighted by Gasteiger charge is 2.19. The number of rotatable bonds is 11. The SMILES string of the molecule is CS(=O)(=O)N(Cc1ccccc1F)c1ccc(OCC(=O)Nc2ccc(OCc3ccccc3)cc2)cc1. The summed E-state index contributed by atoms with van der Waals surface area (Å²) in [5.74, 6) is 0.222. The van der Waals surface area contributed by atoms with E-state index in [4.69, 9.17) is 9.47 Å². The molecule has 0 heterocycles. The first-order valence-corrected chi connectivity index (χ1v) is 13.6. The zero-order chi connectivity index (χ0) is 27.0. The molecular weight excluding hydrogens is 507 g/mol. The molecule has 0 saturated carbocycles. The topological polar surface area (TPSA) is 84.9 Å². The number of carbonyl (C=O) groups is 1. The summed E-state index contributed by atoms with van der Waals surface area (Å²) in [6, 6.07) is 29.0. The van der Waals surface area contributed by atoms with Gasteiger partial charge in [-0.25, -0.2) is 12.8 Å². The zero-order valence-electron chi connectivity index (χ0n) is 20.7. The van der Waals surface area contributed by atoms with E-state index in [1.807, 2.05) is 30.3 Å². The monoisotopic (exact) mass is 534 g/mol. The van der Waals surface area contributed by atoms with Crippen LogP contribution in [0.3, 0.4) is 0 Å². The summed E-state index contributed by atoms with van der Waals surface area (Å²) in [5.41, 5.74) is 2.26. The molecule has 4 aromatic carbocycles. The van der Waals surface area contributed by atoms with Crippen LogP contribution in [0.4, 0.5) is 15.8 Å². The van der Waals surface area contributed by atoms with Crippen molar-refractivity contribution in [3.8, 4) is 11.5 Å². The summed E-state index contributed by atoms with van der Waals surface area (Å²) in [6.07, 6.45) is 1.06. The predicted octanol–water partition coefficient (Wildman–Crippen LogP) is 5.39. The lowest BCUT2D eigenvalue weighted by molar-refractivity contribution is -0.118.